The second kappa shape index (κ2) is 5.89. The van der Waals surface area contributed by atoms with Crippen molar-refractivity contribution in [2.75, 3.05) is 19.6 Å². The van der Waals surface area contributed by atoms with E-state index in [2.05, 4.69) is 36.4 Å². The second-order valence-corrected chi connectivity index (χ2v) is 4.98. The van der Waals surface area contributed by atoms with Crippen molar-refractivity contribution < 1.29 is 4.79 Å². The van der Waals surface area contributed by atoms with Crippen molar-refractivity contribution in [2.24, 2.45) is 5.41 Å². The topological polar surface area (TPSA) is 53.2 Å². The molecule has 1 aliphatic rings. The molecule has 0 bridgehead atoms. The van der Waals surface area contributed by atoms with E-state index >= 15 is 0 Å². The molecule has 2 amide bonds. The van der Waals surface area contributed by atoms with Gasteiger partial charge in [0.25, 0.3) is 0 Å². The van der Waals surface area contributed by atoms with Crippen molar-refractivity contribution in [1.82, 2.24) is 16.0 Å². The van der Waals surface area contributed by atoms with E-state index in [0.717, 1.165) is 6.54 Å². The van der Waals surface area contributed by atoms with Crippen molar-refractivity contribution in [3.63, 3.8) is 0 Å². The molecule has 0 aromatic rings. The lowest BCUT2D eigenvalue weighted by Crippen LogP contribution is -2.54. The van der Waals surface area contributed by atoms with Gasteiger partial charge in [-0.05, 0) is 24.8 Å². The van der Waals surface area contributed by atoms with Gasteiger partial charge in [-0.1, -0.05) is 19.9 Å². The summed E-state index contributed by atoms with van der Waals surface area (Å²) in [6, 6.07) is 0.235. The van der Waals surface area contributed by atoms with Gasteiger partial charge in [0.05, 0.1) is 0 Å². The minimum atomic E-state index is -0.122. The number of nitrogens with one attached hydrogen (secondary N) is 3. The predicted molar refractivity (Wildman–Crippen MR) is 66.4 cm³/mol. The number of hydrogen-bond acceptors (Lipinski definition) is 2. The molecule has 16 heavy (non-hydrogen) atoms. The third-order valence-corrected chi connectivity index (χ3v) is 3.21. The van der Waals surface area contributed by atoms with Gasteiger partial charge in [-0.25, -0.2) is 4.79 Å². The molecule has 1 fully saturated rings. The van der Waals surface area contributed by atoms with E-state index in [-0.39, 0.29) is 11.4 Å². The molecule has 1 saturated heterocycles. The molecule has 0 spiro atoms. The summed E-state index contributed by atoms with van der Waals surface area (Å²) in [5.74, 6) is 0. The first kappa shape index (κ1) is 13.0. The molecular formula is C12H23N3O. The first-order valence-corrected chi connectivity index (χ1v) is 5.92. The summed E-state index contributed by atoms with van der Waals surface area (Å²) in [4.78, 5) is 11.4. The summed E-state index contributed by atoms with van der Waals surface area (Å²) >= 11 is 0. The summed E-state index contributed by atoms with van der Waals surface area (Å²) in [6.07, 6.45) is 4.09. The standard InChI is InChI=1S/C12H23N3O/c1-4-7-14-11(16)15-9-10-12(2,3)6-5-8-13-10/h4,10,13H,1,5-9H2,2-3H3,(H2,14,15,16). The summed E-state index contributed by atoms with van der Waals surface area (Å²) in [6.45, 7) is 10.3. The average molecular weight is 225 g/mol. The molecule has 1 heterocycles. The minimum Gasteiger partial charge on any atom is -0.337 e. The van der Waals surface area contributed by atoms with Crippen LogP contribution in [0.5, 0.6) is 0 Å². The zero-order valence-electron chi connectivity index (χ0n) is 10.3. The molecular weight excluding hydrogens is 202 g/mol. The third-order valence-electron chi connectivity index (χ3n) is 3.21. The Balaban J connectivity index is 2.30. The van der Waals surface area contributed by atoms with E-state index in [9.17, 15) is 4.79 Å². The molecule has 0 aromatic heterocycles. The number of urea groups is 1. The lowest BCUT2D eigenvalue weighted by atomic mass is 9.77. The van der Waals surface area contributed by atoms with Crippen molar-refractivity contribution in [1.29, 1.82) is 0 Å². The smallest absolute Gasteiger partial charge is 0.315 e. The second-order valence-electron chi connectivity index (χ2n) is 4.98. The van der Waals surface area contributed by atoms with Gasteiger partial charge in [0.2, 0.25) is 0 Å². The van der Waals surface area contributed by atoms with Crippen LogP contribution in [0, 0.1) is 5.41 Å². The number of hydrogen-bond donors (Lipinski definition) is 3. The molecule has 0 radical (unpaired) electrons. The van der Waals surface area contributed by atoms with Crippen LogP contribution in [0.1, 0.15) is 26.7 Å². The number of carbonyl (C=O) groups is 1. The van der Waals surface area contributed by atoms with Crippen molar-refractivity contribution >= 4 is 6.03 Å². The Labute approximate surface area is 97.9 Å². The largest absolute Gasteiger partial charge is 0.337 e. The third kappa shape index (κ3) is 3.85. The highest BCUT2D eigenvalue weighted by Gasteiger charge is 2.31. The van der Waals surface area contributed by atoms with Gasteiger partial charge in [0.15, 0.2) is 0 Å². The molecule has 3 N–H and O–H groups in total. The number of carbonyl (C=O) groups excluding carboxylic acids is 1. The van der Waals surface area contributed by atoms with Crippen LogP contribution in [0.25, 0.3) is 0 Å². The number of rotatable bonds is 4. The summed E-state index contributed by atoms with van der Waals surface area (Å²) in [5.41, 5.74) is 0.254. The maximum Gasteiger partial charge on any atom is 0.315 e. The Bertz CT molecular complexity index is 251. The lowest BCUT2D eigenvalue weighted by molar-refractivity contribution is 0.175. The van der Waals surface area contributed by atoms with E-state index in [1.165, 1.54) is 12.8 Å². The minimum absolute atomic E-state index is 0.122. The Morgan fingerprint density at radius 3 is 2.94 bits per heavy atom. The lowest BCUT2D eigenvalue weighted by Gasteiger charge is -2.39. The Morgan fingerprint density at radius 1 is 1.56 bits per heavy atom. The van der Waals surface area contributed by atoms with E-state index in [0.29, 0.717) is 19.1 Å². The Hall–Kier alpha value is -1.03. The van der Waals surface area contributed by atoms with Crippen LogP contribution in [0.15, 0.2) is 12.7 Å². The summed E-state index contributed by atoms with van der Waals surface area (Å²) in [5, 5.41) is 9.04. The fourth-order valence-corrected chi connectivity index (χ4v) is 2.04. The van der Waals surface area contributed by atoms with E-state index < -0.39 is 0 Å². The highest BCUT2D eigenvalue weighted by Crippen LogP contribution is 2.29. The summed E-state index contributed by atoms with van der Waals surface area (Å²) in [7, 11) is 0. The van der Waals surface area contributed by atoms with Crippen LogP contribution >= 0.6 is 0 Å². The highest BCUT2D eigenvalue weighted by atomic mass is 16.2. The van der Waals surface area contributed by atoms with E-state index in [1.807, 2.05) is 0 Å². The normalized spacial score (nSPS) is 23.5. The Kier molecular flexibility index (Phi) is 4.80. The molecule has 0 aliphatic carbocycles. The maximum atomic E-state index is 11.4. The first-order chi connectivity index (χ1) is 7.56. The van der Waals surface area contributed by atoms with Gasteiger partial charge in [-0.2, -0.15) is 0 Å². The van der Waals surface area contributed by atoms with Crippen LogP contribution in [0.3, 0.4) is 0 Å². The molecule has 1 aliphatic heterocycles. The van der Waals surface area contributed by atoms with Gasteiger partial charge in [-0.3, -0.25) is 0 Å². The van der Waals surface area contributed by atoms with Crippen LogP contribution in [0.2, 0.25) is 0 Å². The zero-order valence-corrected chi connectivity index (χ0v) is 10.3. The number of piperidine rings is 1. The van der Waals surface area contributed by atoms with Crippen LogP contribution in [-0.4, -0.2) is 31.7 Å². The summed E-state index contributed by atoms with van der Waals surface area (Å²) < 4.78 is 0. The monoisotopic (exact) mass is 225 g/mol. The molecule has 1 rings (SSSR count). The molecule has 4 nitrogen and oxygen atoms in total. The molecule has 92 valence electrons. The SMILES string of the molecule is C=CCNC(=O)NCC1NCCCC1(C)C. The maximum absolute atomic E-state index is 11.4. The van der Waals surface area contributed by atoms with Crippen LogP contribution in [0.4, 0.5) is 4.79 Å². The van der Waals surface area contributed by atoms with Gasteiger partial charge >= 0.3 is 6.03 Å². The van der Waals surface area contributed by atoms with Crippen LogP contribution in [-0.2, 0) is 0 Å². The fourth-order valence-electron chi connectivity index (χ4n) is 2.04. The van der Waals surface area contributed by atoms with Crippen molar-refractivity contribution in [2.45, 2.75) is 32.7 Å². The average Bonchev–Trinajstić information content (AvgIpc) is 2.24. The molecule has 0 aromatic carbocycles. The number of amides is 2. The van der Waals surface area contributed by atoms with Crippen LogP contribution < -0.4 is 16.0 Å². The van der Waals surface area contributed by atoms with Crippen molar-refractivity contribution in [3.05, 3.63) is 12.7 Å². The van der Waals surface area contributed by atoms with Gasteiger partial charge in [0.1, 0.15) is 0 Å². The molecule has 0 saturated carbocycles. The van der Waals surface area contributed by atoms with E-state index in [4.69, 9.17) is 0 Å². The first-order valence-electron chi connectivity index (χ1n) is 5.92. The molecule has 1 unspecified atom stereocenters. The van der Waals surface area contributed by atoms with Crippen molar-refractivity contribution in [3.8, 4) is 0 Å². The Morgan fingerprint density at radius 2 is 2.31 bits per heavy atom. The molecule has 4 heteroatoms. The highest BCUT2D eigenvalue weighted by molar-refractivity contribution is 5.73. The zero-order chi connectivity index (χ0) is 12.0. The fraction of sp³-hybridized carbons (Fsp3) is 0.750. The molecule has 1 atom stereocenters. The quantitative estimate of drug-likeness (QED) is 0.631. The predicted octanol–water partition coefficient (Wildman–Crippen LogP) is 1.25. The van der Waals surface area contributed by atoms with Gasteiger partial charge < -0.3 is 16.0 Å². The van der Waals surface area contributed by atoms with Gasteiger partial charge in [0, 0.05) is 19.1 Å². The van der Waals surface area contributed by atoms with Gasteiger partial charge in [-0.15, -0.1) is 6.58 Å². The van der Waals surface area contributed by atoms with E-state index in [1.54, 1.807) is 6.08 Å².